The number of hydrogen-bond acceptors (Lipinski definition) is 5. The van der Waals surface area contributed by atoms with Crippen molar-refractivity contribution in [3.63, 3.8) is 0 Å². The summed E-state index contributed by atoms with van der Waals surface area (Å²) in [5.74, 6) is 1.35. The van der Waals surface area contributed by atoms with Gasteiger partial charge in [-0.15, -0.1) is 0 Å². The fourth-order valence-electron chi connectivity index (χ4n) is 2.80. The molecule has 0 bridgehead atoms. The fraction of sp³-hybridized carbons (Fsp3) is 0.444. The molecule has 0 atom stereocenters. The Bertz CT molecular complexity index is 597. The highest BCUT2D eigenvalue weighted by atomic mass is 16.5. The molecular weight excluding hydrogens is 288 g/mol. The molecule has 2 heterocycles. The van der Waals surface area contributed by atoms with Crippen molar-refractivity contribution >= 4 is 0 Å². The first-order valence-corrected chi connectivity index (χ1v) is 8.23. The highest BCUT2D eigenvalue weighted by molar-refractivity contribution is 5.31. The Hall–Kier alpha value is -1.98. The second-order valence-corrected chi connectivity index (χ2v) is 6.04. The summed E-state index contributed by atoms with van der Waals surface area (Å²) in [6, 6.07) is 8.25. The Morgan fingerprint density at radius 3 is 2.78 bits per heavy atom. The minimum atomic E-state index is 0.530. The van der Waals surface area contributed by atoms with Crippen molar-refractivity contribution < 1.29 is 4.74 Å². The van der Waals surface area contributed by atoms with Crippen LogP contribution >= 0.6 is 0 Å². The molecule has 1 aliphatic heterocycles. The van der Waals surface area contributed by atoms with Gasteiger partial charge in [-0.05, 0) is 44.1 Å². The number of likely N-dealkylation sites (N-methyl/N-ethyl adjacent to an activating group) is 1. The van der Waals surface area contributed by atoms with Crippen molar-refractivity contribution in [2.24, 2.45) is 0 Å². The topological polar surface area (TPSA) is 41.5 Å². The van der Waals surface area contributed by atoms with Crippen LogP contribution in [0.3, 0.4) is 0 Å². The number of rotatable bonds is 6. The monoisotopic (exact) mass is 312 g/mol. The third kappa shape index (κ3) is 5.01. The van der Waals surface area contributed by atoms with E-state index in [1.165, 1.54) is 44.7 Å². The molecule has 1 aliphatic rings. The van der Waals surface area contributed by atoms with E-state index in [1.807, 2.05) is 12.1 Å². The van der Waals surface area contributed by atoms with E-state index in [1.54, 1.807) is 18.6 Å². The van der Waals surface area contributed by atoms with Gasteiger partial charge in [-0.2, -0.15) is 0 Å². The maximum absolute atomic E-state index is 5.74. The van der Waals surface area contributed by atoms with Gasteiger partial charge in [0.25, 0.3) is 0 Å². The van der Waals surface area contributed by atoms with E-state index < -0.39 is 0 Å². The Balaban J connectivity index is 1.48. The highest BCUT2D eigenvalue weighted by Crippen LogP contribution is 2.20. The summed E-state index contributed by atoms with van der Waals surface area (Å²) in [6.07, 6.45) is 7.15. The van der Waals surface area contributed by atoms with Crippen LogP contribution in [-0.4, -0.2) is 59.5 Å². The first-order chi connectivity index (χ1) is 11.3. The number of aryl methyl sites for hydroxylation is 1. The van der Waals surface area contributed by atoms with Gasteiger partial charge < -0.3 is 14.5 Å². The maximum Gasteiger partial charge on any atom is 0.237 e. The number of ether oxygens (including phenoxy) is 1. The Labute approximate surface area is 137 Å². The third-order valence-electron chi connectivity index (χ3n) is 4.20. The number of nitrogens with zero attached hydrogens (tertiary/aromatic N) is 4. The third-order valence-corrected chi connectivity index (χ3v) is 4.20. The van der Waals surface area contributed by atoms with Crippen LogP contribution in [0.25, 0.3) is 0 Å². The molecule has 1 fully saturated rings. The van der Waals surface area contributed by atoms with E-state index in [0.717, 1.165) is 12.2 Å². The first-order valence-electron chi connectivity index (χ1n) is 8.23. The number of aromatic nitrogens is 2. The molecule has 0 amide bonds. The molecule has 0 radical (unpaired) electrons. The molecule has 0 aliphatic carbocycles. The second-order valence-electron chi connectivity index (χ2n) is 6.04. The van der Waals surface area contributed by atoms with Crippen LogP contribution < -0.4 is 4.74 Å². The van der Waals surface area contributed by atoms with Gasteiger partial charge in [0.1, 0.15) is 5.75 Å². The van der Waals surface area contributed by atoms with Gasteiger partial charge in [-0.1, -0.05) is 12.1 Å². The lowest BCUT2D eigenvalue weighted by atomic mass is 10.1. The van der Waals surface area contributed by atoms with Crippen LogP contribution in [0.1, 0.15) is 12.0 Å². The van der Waals surface area contributed by atoms with Gasteiger partial charge in [0.05, 0.1) is 6.20 Å². The SMILES string of the molecule is CN1CCN(CCCc2cccc(Oc3cnccn3)c2)CC1. The molecular formula is C18H24N4O. The van der Waals surface area contributed by atoms with Crippen LogP contribution in [0.2, 0.25) is 0 Å². The number of hydrogen-bond donors (Lipinski definition) is 0. The predicted octanol–water partition coefficient (Wildman–Crippen LogP) is 2.45. The minimum Gasteiger partial charge on any atom is -0.437 e. The standard InChI is InChI=1S/C18H24N4O/c1-21-10-12-22(13-11-21)9-3-5-16-4-2-6-17(14-16)23-18-15-19-7-8-20-18/h2,4,6-8,14-15H,3,5,9-13H2,1H3. The lowest BCUT2D eigenvalue weighted by Gasteiger charge is -2.32. The predicted molar refractivity (Wildman–Crippen MR) is 90.8 cm³/mol. The van der Waals surface area contributed by atoms with Crippen molar-refractivity contribution in [3.8, 4) is 11.6 Å². The van der Waals surface area contributed by atoms with Gasteiger partial charge >= 0.3 is 0 Å². The lowest BCUT2D eigenvalue weighted by molar-refractivity contribution is 0.153. The minimum absolute atomic E-state index is 0.530. The van der Waals surface area contributed by atoms with E-state index in [2.05, 4.69) is 38.9 Å². The molecule has 23 heavy (non-hydrogen) atoms. The summed E-state index contributed by atoms with van der Waals surface area (Å²) in [4.78, 5) is 13.1. The molecule has 1 aromatic heterocycles. The van der Waals surface area contributed by atoms with Crippen molar-refractivity contribution in [3.05, 3.63) is 48.4 Å². The summed E-state index contributed by atoms with van der Waals surface area (Å²) >= 11 is 0. The molecule has 0 spiro atoms. The van der Waals surface area contributed by atoms with Crippen LogP contribution in [0.15, 0.2) is 42.9 Å². The Kier molecular flexibility index (Phi) is 5.56. The van der Waals surface area contributed by atoms with Crippen molar-refractivity contribution in [2.45, 2.75) is 12.8 Å². The van der Waals surface area contributed by atoms with E-state index in [-0.39, 0.29) is 0 Å². The van der Waals surface area contributed by atoms with Crippen molar-refractivity contribution in [2.75, 3.05) is 39.8 Å². The van der Waals surface area contributed by atoms with Crippen molar-refractivity contribution in [1.29, 1.82) is 0 Å². The average molecular weight is 312 g/mol. The summed E-state index contributed by atoms with van der Waals surface area (Å²) in [6.45, 7) is 5.91. The second kappa shape index (κ2) is 8.04. The quantitative estimate of drug-likeness (QED) is 0.819. The van der Waals surface area contributed by atoms with E-state index in [0.29, 0.717) is 5.88 Å². The number of piperazine rings is 1. The molecule has 122 valence electrons. The molecule has 3 rings (SSSR count). The Morgan fingerprint density at radius 1 is 1.13 bits per heavy atom. The van der Waals surface area contributed by atoms with E-state index in [9.17, 15) is 0 Å². The average Bonchev–Trinajstić information content (AvgIpc) is 2.58. The molecule has 1 aromatic carbocycles. The van der Waals surface area contributed by atoms with Crippen LogP contribution in [0, 0.1) is 0 Å². The molecule has 0 saturated carbocycles. The number of benzene rings is 1. The highest BCUT2D eigenvalue weighted by Gasteiger charge is 2.12. The smallest absolute Gasteiger partial charge is 0.237 e. The summed E-state index contributed by atoms with van der Waals surface area (Å²) in [7, 11) is 2.19. The normalized spacial score (nSPS) is 16.4. The molecule has 0 N–H and O–H groups in total. The molecule has 1 saturated heterocycles. The van der Waals surface area contributed by atoms with Crippen LogP contribution in [-0.2, 0) is 6.42 Å². The van der Waals surface area contributed by atoms with Crippen LogP contribution in [0.5, 0.6) is 11.6 Å². The molecule has 5 nitrogen and oxygen atoms in total. The first kappa shape index (κ1) is 15.9. The maximum atomic E-state index is 5.74. The van der Waals surface area contributed by atoms with Gasteiger partial charge in [0.15, 0.2) is 0 Å². The summed E-state index contributed by atoms with van der Waals surface area (Å²) in [5, 5.41) is 0. The summed E-state index contributed by atoms with van der Waals surface area (Å²) in [5.41, 5.74) is 1.31. The zero-order valence-corrected chi connectivity index (χ0v) is 13.7. The van der Waals surface area contributed by atoms with Gasteiger partial charge in [-0.25, -0.2) is 4.98 Å². The Morgan fingerprint density at radius 2 is 2.00 bits per heavy atom. The molecule has 5 heteroatoms. The zero-order chi connectivity index (χ0) is 15.9. The van der Waals surface area contributed by atoms with Crippen LogP contribution in [0.4, 0.5) is 0 Å². The van der Waals surface area contributed by atoms with Crippen molar-refractivity contribution in [1.82, 2.24) is 19.8 Å². The fourth-order valence-corrected chi connectivity index (χ4v) is 2.80. The van der Waals surface area contributed by atoms with Gasteiger partial charge in [0, 0.05) is 38.6 Å². The lowest BCUT2D eigenvalue weighted by Crippen LogP contribution is -2.44. The van der Waals surface area contributed by atoms with E-state index in [4.69, 9.17) is 4.74 Å². The summed E-state index contributed by atoms with van der Waals surface area (Å²) < 4.78 is 5.74. The molecule has 0 unspecified atom stereocenters. The zero-order valence-electron chi connectivity index (χ0n) is 13.7. The van der Waals surface area contributed by atoms with Gasteiger partial charge in [-0.3, -0.25) is 4.98 Å². The van der Waals surface area contributed by atoms with E-state index >= 15 is 0 Å². The van der Waals surface area contributed by atoms with Gasteiger partial charge in [0.2, 0.25) is 5.88 Å². The molecule has 2 aromatic rings. The largest absolute Gasteiger partial charge is 0.437 e.